The summed E-state index contributed by atoms with van der Waals surface area (Å²) in [6.07, 6.45) is 4.81. The first-order valence-corrected chi connectivity index (χ1v) is 5.87. The van der Waals surface area contributed by atoms with Crippen molar-refractivity contribution in [2.45, 2.75) is 6.54 Å². The molecule has 0 atom stereocenters. The minimum Gasteiger partial charge on any atom is -0.477 e. The normalized spacial score (nSPS) is 10.8. The highest BCUT2D eigenvalue weighted by Crippen LogP contribution is 2.16. The monoisotopic (exact) mass is 272 g/mol. The molecule has 1 N–H and O–H groups in total. The van der Waals surface area contributed by atoms with Crippen molar-refractivity contribution >= 4 is 17.7 Å². The van der Waals surface area contributed by atoms with Gasteiger partial charge in [0.1, 0.15) is 5.69 Å². The topological polar surface area (TPSA) is 85.4 Å². The zero-order valence-corrected chi connectivity index (χ0v) is 10.5. The lowest BCUT2D eigenvalue weighted by atomic mass is 10.2. The van der Waals surface area contributed by atoms with Gasteiger partial charge in [0.25, 0.3) is 5.69 Å². The number of allylic oxidation sites excluding steroid dienone is 1. The van der Waals surface area contributed by atoms with Gasteiger partial charge in [-0.1, -0.05) is 42.5 Å². The summed E-state index contributed by atoms with van der Waals surface area (Å²) < 4.78 is 1.33. The van der Waals surface area contributed by atoms with E-state index in [-0.39, 0.29) is 17.9 Å². The average molecular weight is 272 g/mol. The van der Waals surface area contributed by atoms with Gasteiger partial charge in [0.2, 0.25) is 0 Å². The molecule has 102 valence electrons. The summed E-state index contributed by atoms with van der Waals surface area (Å²) in [4.78, 5) is 21.1. The van der Waals surface area contributed by atoms with E-state index in [0.717, 1.165) is 11.6 Å². The summed E-state index contributed by atoms with van der Waals surface area (Å²) in [5.74, 6) is -1.19. The summed E-state index contributed by atoms with van der Waals surface area (Å²) in [6, 6.07) is 10.6. The molecule has 0 spiro atoms. The Bertz CT molecular complexity index is 659. The molecule has 2 aromatic rings. The van der Waals surface area contributed by atoms with E-state index in [0.29, 0.717) is 0 Å². The van der Waals surface area contributed by atoms with Crippen LogP contribution >= 0.6 is 0 Å². The quantitative estimate of drug-likeness (QED) is 0.669. The van der Waals surface area contributed by atoms with E-state index in [1.165, 1.54) is 10.8 Å². The fourth-order valence-corrected chi connectivity index (χ4v) is 1.79. The fraction of sp³-hybridized carbons (Fsp3) is 0.0714. The summed E-state index contributed by atoms with van der Waals surface area (Å²) in [6.45, 7) is 0.254. The van der Waals surface area contributed by atoms with Gasteiger partial charge in [-0.3, -0.25) is 10.1 Å². The Labute approximate surface area is 114 Å². The summed E-state index contributed by atoms with van der Waals surface area (Å²) in [7, 11) is 0. The predicted molar refractivity (Wildman–Crippen MR) is 73.5 cm³/mol. The van der Waals surface area contributed by atoms with Crippen molar-refractivity contribution in [3.63, 3.8) is 0 Å². The molecular weight excluding hydrogens is 260 g/mol. The Kier molecular flexibility index (Phi) is 3.95. The molecule has 1 aromatic heterocycles. The van der Waals surface area contributed by atoms with Gasteiger partial charge in [0.15, 0.2) is 0 Å². The van der Waals surface area contributed by atoms with Crippen molar-refractivity contribution in [2.75, 3.05) is 0 Å². The second kappa shape index (κ2) is 5.83. The smallest absolute Gasteiger partial charge is 0.352 e. The van der Waals surface area contributed by atoms with Gasteiger partial charge < -0.3 is 9.67 Å². The minimum absolute atomic E-state index is 0.102. The number of carboxylic acid groups (broad SMARTS) is 1. The number of hydrogen-bond donors (Lipinski definition) is 1. The molecule has 0 aliphatic heterocycles. The first kappa shape index (κ1) is 13.5. The molecule has 0 aliphatic carbocycles. The highest BCUT2D eigenvalue weighted by atomic mass is 16.6. The molecule has 2 rings (SSSR count). The lowest BCUT2D eigenvalue weighted by molar-refractivity contribution is -0.384. The zero-order valence-electron chi connectivity index (χ0n) is 10.5. The molecule has 6 nitrogen and oxygen atoms in total. The Morgan fingerprint density at radius 2 is 2.05 bits per heavy atom. The third-order valence-corrected chi connectivity index (χ3v) is 2.72. The molecule has 0 aliphatic rings. The molecule has 0 unspecified atom stereocenters. The molecule has 0 fully saturated rings. The van der Waals surface area contributed by atoms with Crippen molar-refractivity contribution in [1.29, 1.82) is 0 Å². The van der Waals surface area contributed by atoms with Crippen LogP contribution in [-0.2, 0) is 6.54 Å². The van der Waals surface area contributed by atoms with Crippen LogP contribution < -0.4 is 0 Å². The number of nitrogens with zero attached hydrogens (tertiary/aromatic N) is 2. The van der Waals surface area contributed by atoms with Crippen LogP contribution in [0.15, 0.2) is 48.7 Å². The van der Waals surface area contributed by atoms with Gasteiger partial charge in [-0.15, -0.1) is 0 Å². The number of aromatic carboxylic acids is 1. The van der Waals surface area contributed by atoms with E-state index in [9.17, 15) is 14.9 Å². The number of aromatic nitrogens is 1. The van der Waals surface area contributed by atoms with Crippen LogP contribution in [-0.4, -0.2) is 20.6 Å². The summed E-state index contributed by atoms with van der Waals surface area (Å²) >= 11 is 0. The van der Waals surface area contributed by atoms with Crippen LogP contribution in [0.2, 0.25) is 0 Å². The van der Waals surface area contributed by atoms with Crippen LogP contribution in [0.3, 0.4) is 0 Å². The molecule has 20 heavy (non-hydrogen) atoms. The van der Waals surface area contributed by atoms with Gasteiger partial charge in [-0.2, -0.15) is 0 Å². The Morgan fingerprint density at radius 1 is 1.35 bits per heavy atom. The van der Waals surface area contributed by atoms with Gasteiger partial charge in [-0.05, 0) is 5.56 Å². The van der Waals surface area contributed by atoms with Crippen LogP contribution in [0.25, 0.3) is 6.08 Å². The van der Waals surface area contributed by atoms with Crippen LogP contribution in [0.1, 0.15) is 16.1 Å². The maximum atomic E-state index is 11.0. The SMILES string of the molecule is O=C(O)c1cc([N+](=O)[O-])cn1C/C=C/c1ccccc1. The van der Waals surface area contributed by atoms with Gasteiger partial charge in [0, 0.05) is 12.6 Å². The zero-order chi connectivity index (χ0) is 14.5. The number of hydrogen-bond acceptors (Lipinski definition) is 3. The first-order valence-electron chi connectivity index (χ1n) is 5.87. The van der Waals surface area contributed by atoms with Crippen molar-refractivity contribution < 1.29 is 14.8 Å². The second-order valence-electron chi connectivity index (χ2n) is 4.11. The highest BCUT2D eigenvalue weighted by Gasteiger charge is 2.17. The van der Waals surface area contributed by atoms with E-state index in [2.05, 4.69) is 0 Å². The lowest BCUT2D eigenvalue weighted by Gasteiger charge is -2.00. The molecule has 0 radical (unpaired) electrons. The molecule has 6 heteroatoms. The fourth-order valence-electron chi connectivity index (χ4n) is 1.79. The maximum Gasteiger partial charge on any atom is 0.352 e. The summed E-state index contributed by atoms with van der Waals surface area (Å²) in [5.41, 5.74) is 0.649. The van der Waals surface area contributed by atoms with Gasteiger partial charge >= 0.3 is 5.97 Å². The maximum absolute atomic E-state index is 11.0. The standard InChI is InChI=1S/C14H12N2O4/c17-14(18)13-9-12(16(19)20)10-15(13)8-4-7-11-5-2-1-3-6-11/h1-7,9-10H,8H2,(H,17,18)/b7-4+. The van der Waals surface area contributed by atoms with Gasteiger partial charge in [-0.25, -0.2) is 4.79 Å². The number of nitro groups is 1. The van der Waals surface area contributed by atoms with E-state index in [4.69, 9.17) is 5.11 Å². The van der Waals surface area contributed by atoms with Crippen molar-refractivity contribution in [3.8, 4) is 0 Å². The number of benzene rings is 1. The van der Waals surface area contributed by atoms with Crippen molar-refractivity contribution in [3.05, 3.63) is 70.0 Å². The van der Waals surface area contributed by atoms with E-state index >= 15 is 0 Å². The van der Waals surface area contributed by atoms with Gasteiger partial charge in [0.05, 0.1) is 11.1 Å². The summed E-state index contributed by atoms with van der Waals surface area (Å²) in [5, 5.41) is 19.7. The van der Waals surface area contributed by atoms with Crippen LogP contribution in [0.4, 0.5) is 5.69 Å². The third-order valence-electron chi connectivity index (χ3n) is 2.72. The Morgan fingerprint density at radius 3 is 2.65 bits per heavy atom. The number of rotatable bonds is 5. The van der Waals surface area contributed by atoms with E-state index in [1.54, 1.807) is 6.08 Å². The van der Waals surface area contributed by atoms with Crippen molar-refractivity contribution in [1.82, 2.24) is 4.57 Å². The highest BCUT2D eigenvalue weighted by molar-refractivity contribution is 5.86. The molecule has 1 aromatic carbocycles. The van der Waals surface area contributed by atoms with Crippen LogP contribution in [0, 0.1) is 10.1 Å². The lowest BCUT2D eigenvalue weighted by Crippen LogP contribution is -2.06. The molecule has 0 saturated carbocycles. The number of carboxylic acids is 1. The molecule has 0 saturated heterocycles. The second-order valence-corrected chi connectivity index (χ2v) is 4.11. The molecule has 1 heterocycles. The Hall–Kier alpha value is -2.89. The third kappa shape index (κ3) is 3.11. The largest absolute Gasteiger partial charge is 0.477 e. The number of carbonyl (C=O) groups is 1. The first-order chi connectivity index (χ1) is 9.58. The molecule has 0 amide bonds. The Balaban J connectivity index is 2.18. The van der Waals surface area contributed by atoms with Crippen molar-refractivity contribution in [2.24, 2.45) is 0 Å². The molecule has 0 bridgehead atoms. The van der Waals surface area contributed by atoms with E-state index in [1.807, 2.05) is 36.4 Å². The molecular formula is C14H12N2O4. The minimum atomic E-state index is -1.19. The predicted octanol–water partition coefficient (Wildman–Crippen LogP) is 2.81. The van der Waals surface area contributed by atoms with Crippen LogP contribution in [0.5, 0.6) is 0 Å². The average Bonchev–Trinajstić information content (AvgIpc) is 2.84. The van der Waals surface area contributed by atoms with E-state index < -0.39 is 10.9 Å².